The summed E-state index contributed by atoms with van der Waals surface area (Å²) in [5.41, 5.74) is 1.09. The number of rotatable bonds is 6. The van der Waals surface area contributed by atoms with Crippen LogP contribution in [0.3, 0.4) is 0 Å². The predicted molar refractivity (Wildman–Crippen MR) is 76.2 cm³/mol. The molecular formula is C14H25N3O. The summed E-state index contributed by atoms with van der Waals surface area (Å²) in [6, 6.07) is 3.90. The highest BCUT2D eigenvalue weighted by molar-refractivity contribution is 5.52. The molecule has 1 aromatic heterocycles. The first kappa shape index (κ1) is 14.8. The second-order valence-corrected chi connectivity index (χ2v) is 5.63. The zero-order valence-corrected chi connectivity index (χ0v) is 12.1. The van der Waals surface area contributed by atoms with E-state index in [1.165, 1.54) is 0 Å². The molecule has 0 aliphatic rings. The van der Waals surface area contributed by atoms with Crippen molar-refractivity contribution in [1.82, 2.24) is 10.3 Å². The third-order valence-electron chi connectivity index (χ3n) is 2.21. The van der Waals surface area contributed by atoms with E-state index in [1.54, 1.807) is 6.20 Å². The Kier molecular flexibility index (Phi) is 5.41. The molecule has 102 valence electrons. The van der Waals surface area contributed by atoms with Gasteiger partial charge in [-0.15, -0.1) is 0 Å². The van der Waals surface area contributed by atoms with Crippen molar-refractivity contribution in [2.24, 2.45) is 0 Å². The molecule has 0 atom stereocenters. The molecule has 0 aliphatic heterocycles. The van der Waals surface area contributed by atoms with E-state index in [2.05, 4.69) is 36.4 Å². The number of nitrogens with one attached hydrogen (secondary N) is 2. The van der Waals surface area contributed by atoms with Crippen molar-refractivity contribution in [2.75, 3.05) is 18.4 Å². The van der Waals surface area contributed by atoms with Crippen molar-refractivity contribution in [3.8, 4) is 5.88 Å². The third kappa shape index (κ3) is 5.87. The lowest BCUT2D eigenvalue weighted by molar-refractivity contribution is 0.234. The monoisotopic (exact) mass is 251 g/mol. The van der Waals surface area contributed by atoms with Crippen LogP contribution in [0, 0.1) is 0 Å². The molecule has 1 aromatic rings. The smallest absolute Gasteiger partial charge is 0.237 e. The first-order chi connectivity index (χ1) is 8.38. The van der Waals surface area contributed by atoms with E-state index in [0.717, 1.165) is 18.8 Å². The highest BCUT2D eigenvalue weighted by Crippen LogP contribution is 2.21. The van der Waals surface area contributed by atoms with Gasteiger partial charge in [-0.3, -0.25) is 0 Å². The molecule has 4 heteroatoms. The maximum atomic E-state index is 5.65. The van der Waals surface area contributed by atoms with Crippen LogP contribution in [0.5, 0.6) is 5.88 Å². The summed E-state index contributed by atoms with van der Waals surface area (Å²) in [6.07, 6.45) is 1.88. The topological polar surface area (TPSA) is 46.2 Å². The van der Waals surface area contributed by atoms with Crippen LogP contribution >= 0.6 is 0 Å². The number of pyridine rings is 1. The summed E-state index contributed by atoms with van der Waals surface area (Å²) in [5, 5.41) is 6.77. The van der Waals surface area contributed by atoms with E-state index >= 15 is 0 Å². The highest BCUT2D eigenvalue weighted by atomic mass is 16.5. The first-order valence-electron chi connectivity index (χ1n) is 6.49. The van der Waals surface area contributed by atoms with Crippen LogP contribution in [0.1, 0.15) is 34.6 Å². The van der Waals surface area contributed by atoms with E-state index < -0.39 is 0 Å². The molecule has 0 bridgehead atoms. The van der Waals surface area contributed by atoms with Crippen LogP contribution in [0.15, 0.2) is 18.3 Å². The minimum atomic E-state index is 0.133. The van der Waals surface area contributed by atoms with E-state index in [-0.39, 0.29) is 11.6 Å². The Hall–Kier alpha value is -1.29. The lowest BCUT2D eigenvalue weighted by Crippen LogP contribution is -2.38. The van der Waals surface area contributed by atoms with Gasteiger partial charge < -0.3 is 15.4 Å². The molecule has 1 heterocycles. The van der Waals surface area contributed by atoms with Gasteiger partial charge in [0.2, 0.25) is 5.88 Å². The molecule has 0 spiro atoms. The molecule has 0 aromatic carbocycles. The van der Waals surface area contributed by atoms with Gasteiger partial charge in [-0.05, 0) is 46.8 Å². The summed E-state index contributed by atoms with van der Waals surface area (Å²) in [6.45, 7) is 12.2. The van der Waals surface area contributed by atoms with Gasteiger partial charge in [0.25, 0.3) is 0 Å². The van der Waals surface area contributed by atoms with Crippen LogP contribution in [0.25, 0.3) is 0 Å². The second kappa shape index (κ2) is 6.59. The van der Waals surface area contributed by atoms with E-state index in [4.69, 9.17) is 4.74 Å². The van der Waals surface area contributed by atoms with Crippen LogP contribution in [0.2, 0.25) is 0 Å². The first-order valence-corrected chi connectivity index (χ1v) is 6.49. The maximum absolute atomic E-state index is 5.65. The SMILES string of the molecule is CC(C)Oc1ncccc1NCCNC(C)(C)C. The van der Waals surface area contributed by atoms with Crippen molar-refractivity contribution in [3.63, 3.8) is 0 Å². The van der Waals surface area contributed by atoms with Crippen LogP contribution in [-0.4, -0.2) is 29.7 Å². The molecule has 0 saturated heterocycles. The molecule has 0 aliphatic carbocycles. The van der Waals surface area contributed by atoms with Crippen molar-refractivity contribution >= 4 is 5.69 Å². The second-order valence-electron chi connectivity index (χ2n) is 5.63. The average molecular weight is 251 g/mol. The summed E-state index contributed by atoms with van der Waals surface area (Å²) >= 11 is 0. The molecule has 0 radical (unpaired) electrons. The summed E-state index contributed by atoms with van der Waals surface area (Å²) in [4.78, 5) is 4.24. The number of aromatic nitrogens is 1. The number of hydrogen-bond donors (Lipinski definition) is 2. The minimum Gasteiger partial charge on any atom is -0.473 e. The summed E-state index contributed by atoms with van der Waals surface area (Å²) in [7, 11) is 0. The predicted octanol–water partition coefficient (Wildman–Crippen LogP) is 2.67. The van der Waals surface area contributed by atoms with Crippen molar-refractivity contribution in [1.29, 1.82) is 0 Å². The van der Waals surface area contributed by atoms with Gasteiger partial charge in [0.05, 0.1) is 11.8 Å². The number of ether oxygens (including phenoxy) is 1. The van der Waals surface area contributed by atoms with Gasteiger partial charge in [0.1, 0.15) is 0 Å². The number of hydrogen-bond acceptors (Lipinski definition) is 4. The minimum absolute atomic E-state index is 0.133. The Morgan fingerprint density at radius 1 is 1.28 bits per heavy atom. The molecule has 2 N–H and O–H groups in total. The highest BCUT2D eigenvalue weighted by Gasteiger charge is 2.09. The van der Waals surface area contributed by atoms with Gasteiger partial charge in [-0.1, -0.05) is 0 Å². The molecule has 0 fully saturated rings. The van der Waals surface area contributed by atoms with E-state index in [9.17, 15) is 0 Å². The van der Waals surface area contributed by atoms with Crippen LogP contribution in [0.4, 0.5) is 5.69 Å². The Morgan fingerprint density at radius 2 is 2.00 bits per heavy atom. The van der Waals surface area contributed by atoms with Crippen molar-refractivity contribution in [3.05, 3.63) is 18.3 Å². The molecule has 1 rings (SSSR count). The lowest BCUT2D eigenvalue weighted by Gasteiger charge is -2.21. The average Bonchev–Trinajstić information content (AvgIpc) is 2.24. The number of nitrogens with zero attached hydrogens (tertiary/aromatic N) is 1. The quantitative estimate of drug-likeness (QED) is 0.763. The van der Waals surface area contributed by atoms with Gasteiger partial charge >= 0.3 is 0 Å². The fraction of sp³-hybridized carbons (Fsp3) is 0.643. The molecule has 4 nitrogen and oxygen atoms in total. The molecular weight excluding hydrogens is 226 g/mol. The largest absolute Gasteiger partial charge is 0.473 e. The zero-order valence-electron chi connectivity index (χ0n) is 12.1. The maximum Gasteiger partial charge on any atom is 0.237 e. The molecule has 0 unspecified atom stereocenters. The van der Waals surface area contributed by atoms with Gasteiger partial charge in [0.15, 0.2) is 0 Å². The molecule has 18 heavy (non-hydrogen) atoms. The zero-order chi connectivity index (χ0) is 13.6. The van der Waals surface area contributed by atoms with Crippen LogP contribution < -0.4 is 15.4 Å². The third-order valence-corrected chi connectivity index (χ3v) is 2.21. The van der Waals surface area contributed by atoms with Crippen LogP contribution in [-0.2, 0) is 0 Å². The Labute approximate surface area is 110 Å². The van der Waals surface area contributed by atoms with Gasteiger partial charge in [-0.25, -0.2) is 4.98 Å². The van der Waals surface area contributed by atoms with Gasteiger partial charge in [0, 0.05) is 24.8 Å². The standard InChI is InChI=1S/C14H25N3O/c1-11(2)18-13-12(7-6-8-16-13)15-9-10-17-14(3,4)5/h6-8,11,15,17H,9-10H2,1-5H3. The van der Waals surface area contributed by atoms with Crippen molar-refractivity contribution < 1.29 is 4.74 Å². The number of anilines is 1. The summed E-state index contributed by atoms with van der Waals surface area (Å²) in [5.74, 6) is 0.670. The van der Waals surface area contributed by atoms with Gasteiger partial charge in [-0.2, -0.15) is 0 Å². The van der Waals surface area contributed by atoms with Crippen molar-refractivity contribution in [2.45, 2.75) is 46.3 Å². The Balaban J connectivity index is 2.46. The fourth-order valence-corrected chi connectivity index (χ4v) is 1.48. The van der Waals surface area contributed by atoms with E-state index in [1.807, 2.05) is 26.0 Å². The molecule has 0 saturated carbocycles. The Morgan fingerprint density at radius 3 is 2.61 bits per heavy atom. The fourth-order valence-electron chi connectivity index (χ4n) is 1.48. The Bertz CT molecular complexity index is 358. The molecule has 0 amide bonds. The summed E-state index contributed by atoms with van der Waals surface area (Å²) < 4.78 is 5.65. The normalized spacial score (nSPS) is 11.7. The lowest BCUT2D eigenvalue weighted by atomic mass is 10.1. The van der Waals surface area contributed by atoms with E-state index in [0.29, 0.717) is 5.88 Å².